The van der Waals surface area contributed by atoms with Crippen molar-refractivity contribution < 1.29 is 0 Å². The van der Waals surface area contributed by atoms with Crippen LogP contribution in [-0.4, -0.2) is 9.13 Å². The van der Waals surface area contributed by atoms with Crippen LogP contribution in [0.1, 0.15) is 0 Å². The SMILES string of the molecule is O=c1c2ccccc2n(-c2ccc(-n3c4ccccc4c4cc(-c5ccccc5)cc(-c5ccccc5)c43)cc2)c2ccccc12. The third-order valence-corrected chi connectivity index (χ3v) is 9.11. The van der Waals surface area contributed by atoms with E-state index in [4.69, 9.17) is 0 Å². The van der Waals surface area contributed by atoms with Gasteiger partial charge in [-0.1, -0.05) is 103 Å². The predicted molar refractivity (Wildman–Crippen MR) is 192 cm³/mol. The average molecular weight is 589 g/mol. The minimum absolute atomic E-state index is 0.0627. The van der Waals surface area contributed by atoms with Gasteiger partial charge in [-0.2, -0.15) is 0 Å². The van der Waals surface area contributed by atoms with Crippen LogP contribution in [0.15, 0.2) is 175 Å². The lowest BCUT2D eigenvalue weighted by molar-refractivity contribution is 1.14. The molecule has 0 radical (unpaired) electrons. The van der Waals surface area contributed by atoms with Gasteiger partial charge in [0.15, 0.2) is 5.43 Å². The number of rotatable bonds is 4. The van der Waals surface area contributed by atoms with Crippen molar-refractivity contribution in [2.45, 2.75) is 0 Å². The van der Waals surface area contributed by atoms with E-state index in [1.54, 1.807) is 0 Å². The average Bonchev–Trinajstić information content (AvgIpc) is 3.47. The molecule has 0 aliphatic rings. The molecular formula is C43H28N2O. The Morgan fingerprint density at radius 2 is 0.804 bits per heavy atom. The Morgan fingerprint density at radius 1 is 0.348 bits per heavy atom. The minimum Gasteiger partial charge on any atom is -0.309 e. The number of pyridine rings is 1. The predicted octanol–water partition coefficient (Wildman–Crippen LogP) is 10.6. The molecule has 0 unspecified atom stereocenters. The van der Waals surface area contributed by atoms with Crippen LogP contribution in [0, 0.1) is 0 Å². The van der Waals surface area contributed by atoms with Crippen LogP contribution in [-0.2, 0) is 0 Å². The molecule has 3 nitrogen and oxygen atoms in total. The Kier molecular flexibility index (Phi) is 5.97. The Labute approximate surface area is 265 Å². The van der Waals surface area contributed by atoms with E-state index < -0.39 is 0 Å². The molecule has 0 fully saturated rings. The number of hydrogen-bond donors (Lipinski definition) is 0. The number of para-hydroxylation sites is 3. The van der Waals surface area contributed by atoms with Gasteiger partial charge in [0, 0.05) is 38.5 Å². The van der Waals surface area contributed by atoms with Crippen molar-refractivity contribution in [2.24, 2.45) is 0 Å². The summed E-state index contributed by atoms with van der Waals surface area (Å²) in [4.78, 5) is 13.4. The number of nitrogens with zero attached hydrogens (tertiary/aromatic N) is 2. The van der Waals surface area contributed by atoms with Crippen molar-refractivity contribution in [3.8, 4) is 33.6 Å². The van der Waals surface area contributed by atoms with Crippen LogP contribution in [0.5, 0.6) is 0 Å². The largest absolute Gasteiger partial charge is 0.309 e. The zero-order valence-corrected chi connectivity index (χ0v) is 25.0. The van der Waals surface area contributed by atoms with Gasteiger partial charge in [-0.15, -0.1) is 0 Å². The summed E-state index contributed by atoms with van der Waals surface area (Å²) in [6.45, 7) is 0. The molecule has 0 N–H and O–H groups in total. The molecule has 2 heterocycles. The van der Waals surface area contributed by atoms with Gasteiger partial charge in [-0.25, -0.2) is 0 Å². The van der Waals surface area contributed by atoms with Gasteiger partial charge in [0.1, 0.15) is 0 Å². The lowest BCUT2D eigenvalue weighted by Gasteiger charge is -2.17. The standard InChI is InChI=1S/C43H28N2O/c46-43-35-18-8-11-21-40(35)44(41-22-12-9-19-36(41)43)32-23-25-33(26-24-32)45-39-20-10-7-17-34(39)38-28-31(29-13-3-1-4-14-29)27-37(42(38)45)30-15-5-2-6-16-30/h1-28H. The van der Waals surface area contributed by atoms with Gasteiger partial charge >= 0.3 is 0 Å². The van der Waals surface area contributed by atoms with Crippen LogP contribution in [0.3, 0.4) is 0 Å². The summed E-state index contributed by atoms with van der Waals surface area (Å²) in [5, 5.41) is 3.87. The Bertz CT molecular complexity index is 2570. The molecule has 0 saturated heterocycles. The van der Waals surface area contributed by atoms with Crippen LogP contribution >= 0.6 is 0 Å². The summed E-state index contributed by atoms with van der Waals surface area (Å²) < 4.78 is 4.59. The van der Waals surface area contributed by atoms with Gasteiger partial charge in [-0.3, -0.25) is 4.79 Å². The lowest BCUT2D eigenvalue weighted by atomic mass is 9.95. The fourth-order valence-electron chi connectivity index (χ4n) is 7.03. The quantitative estimate of drug-likeness (QED) is 0.188. The zero-order valence-electron chi connectivity index (χ0n) is 25.0. The van der Waals surface area contributed by atoms with Crippen LogP contribution < -0.4 is 5.43 Å². The highest BCUT2D eigenvalue weighted by Crippen LogP contribution is 2.41. The minimum atomic E-state index is 0.0627. The second-order valence-corrected chi connectivity index (χ2v) is 11.7. The maximum atomic E-state index is 13.4. The molecule has 46 heavy (non-hydrogen) atoms. The number of aromatic nitrogens is 2. The van der Waals surface area contributed by atoms with E-state index in [0.29, 0.717) is 0 Å². The number of fused-ring (bicyclic) bond motifs is 5. The van der Waals surface area contributed by atoms with Crippen LogP contribution in [0.25, 0.3) is 77.2 Å². The Balaban J connectivity index is 1.32. The van der Waals surface area contributed by atoms with E-state index in [0.717, 1.165) is 38.7 Å². The summed E-state index contributed by atoms with van der Waals surface area (Å²) in [5.74, 6) is 0. The third-order valence-electron chi connectivity index (χ3n) is 9.11. The van der Waals surface area contributed by atoms with Gasteiger partial charge in [0.2, 0.25) is 0 Å². The molecule has 0 amide bonds. The Hall–Kier alpha value is -6.19. The summed E-state index contributed by atoms with van der Waals surface area (Å²) in [7, 11) is 0. The van der Waals surface area contributed by atoms with Gasteiger partial charge in [0.05, 0.1) is 22.1 Å². The highest BCUT2D eigenvalue weighted by atomic mass is 16.1. The first-order chi connectivity index (χ1) is 22.8. The monoisotopic (exact) mass is 588 g/mol. The molecule has 2 aromatic heterocycles. The van der Waals surface area contributed by atoms with Crippen molar-refractivity contribution >= 4 is 43.6 Å². The molecule has 3 heteroatoms. The molecular weight excluding hydrogens is 560 g/mol. The van der Waals surface area contributed by atoms with E-state index in [1.165, 1.54) is 38.5 Å². The maximum Gasteiger partial charge on any atom is 0.197 e. The van der Waals surface area contributed by atoms with Crippen molar-refractivity contribution in [1.82, 2.24) is 9.13 Å². The van der Waals surface area contributed by atoms with Crippen LogP contribution in [0.4, 0.5) is 0 Å². The summed E-state index contributed by atoms with van der Waals surface area (Å²) in [6, 6.07) is 59.1. The summed E-state index contributed by atoms with van der Waals surface area (Å²) >= 11 is 0. The number of benzene rings is 7. The normalized spacial score (nSPS) is 11.6. The van der Waals surface area contributed by atoms with Crippen molar-refractivity contribution in [3.05, 3.63) is 180 Å². The number of hydrogen-bond acceptors (Lipinski definition) is 1. The molecule has 9 rings (SSSR count). The molecule has 0 saturated carbocycles. The second kappa shape index (κ2) is 10.5. The van der Waals surface area contributed by atoms with Crippen molar-refractivity contribution in [3.63, 3.8) is 0 Å². The first-order valence-electron chi connectivity index (χ1n) is 15.6. The van der Waals surface area contributed by atoms with Crippen molar-refractivity contribution in [1.29, 1.82) is 0 Å². The van der Waals surface area contributed by atoms with Gasteiger partial charge in [-0.05, 0) is 83.4 Å². The molecule has 216 valence electrons. The molecule has 0 aliphatic carbocycles. The molecule has 7 aromatic carbocycles. The van der Waals surface area contributed by atoms with E-state index in [-0.39, 0.29) is 5.43 Å². The van der Waals surface area contributed by atoms with Gasteiger partial charge in [0.25, 0.3) is 0 Å². The maximum absolute atomic E-state index is 13.4. The first kappa shape index (κ1) is 26.2. The molecule has 0 bridgehead atoms. The van der Waals surface area contributed by atoms with Crippen molar-refractivity contribution in [2.75, 3.05) is 0 Å². The fourth-order valence-corrected chi connectivity index (χ4v) is 7.03. The molecule has 0 aliphatic heterocycles. The lowest BCUT2D eigenvalue weighted by Crippen LogP contribution is -2.10. The summed E-state index contributed by atoms with van der Waals surface area (Å²) in [5.41, 5.74) is 11.0. The highest BCUT2D eigenvalue weighted by molar-refractivity contribution is 6.15. The second-order valence-electron chi connectivity index (χ2n) is 11.7. The van der Waals surface area contributed by atoms with E-state index in [1.807, 2.05) is 48.5 Å². The van der Waals surface area contributed by atoms with E-state index >= 15 is 0 Å². The molecule has 0 spiro atoms. The highest BCUT2D eigenvalue weighted by Gasteiger charge is 2.19. The summed E-state index contributed by atoms with van der Waals surface area (Å²) in [6.07, 6.45) is 0. The zero-order chi connectivity index (χ0) is 30.6. The van der Waals surface area contributed by atoms with E-state index in [2.05, 4.69) is 130 Å². The first-order valence-corrected chi connectivity index (χ1v) is 15.6. The third kappa shape index (κ3) is 4.03. The van der Waals surface area contributed by atoms with E-state index in [9.17, 15) is 4.79 Å². The van der Waals surface area contributed by atoms with Gasteiger partial charge < -0.3 is 9.13 Å². The fraction of sp³-hybridized carbons (Fsp3) is 0. The Morgan fingerprint density at radius 3 is 1.39 bits per heavy atom. The topological polar surface area (TPSA) is 26.9 Å². The smallest absolute Gasteiger partial charge is 0.197 e. The molecule has 0 atom stereocenters. The molecule has 9 aromatic rings. The van der Waals surface area contributed by atoms with Crippen LogP contribution in [0.2, 0.25) is 0 Å².